The number of hydrogen-bond donors (Lipinski definition) is 0. The Balaban J connectivity index is 1.18. The van der Waals surface area contributed by atoms with Gasteiger partial charge in [-0.1, -0.05) is 133 Å². The minimum Gasteiger partial charge on any atom is -0.456 e. The first-order valence-corrected chi connectivity index (χ1v) is 16.8. The molecule has 0 saturated heterocycles. The minimum absolute atomic E-state index is 0.705. The molecule has 0 radical (unpaired) electrons. The third kappa shape index (κ3) is 4.61. The Morgan fingerprint density at radius 1 is 0.400 bits per heavy atom. The van der Waals surface area contributed by atoms with Gasteiger partial charge in [0.1, 0.15) is 11.2 Å². The molecule has 0 aliphatic heterocycles. The number of aromatic nitrogens is 3. The number of para-hydroxylation sites is 2. The van der Waals surface area contributed by atoms with Crippen LogP contribution >= 0.6 is 0 Å². The van der Waals surface area contributed by atoms with Crippen LogP contribution in [0.25, 0.3) is 94.5 Å². The van der Waals surface area contributed by atoms with Gasteiger partial charge in [-0.15, -0.1) is 0 Å². The summed E-state index contributed by atoms with van der Waals surface area (Å²) in [6, 6.07) is 61.4. The van der Waals surface area contributed by atoms with E-state index in [9.17, 15) is 0 Å². The maximum Gasteiger partial charge on any atom is 0.160 e. The van der Waals surface area contributed by atoms with E-state index < -0.39 is 0 Å². The van der Waals surface area contributed by atoms with Crippen molar-refractivity contribution in [2.45, 2.75) is 0 Å². The lowest BCUT2D eigenvalue weighted by atomic mass is 9.99. The molecule has 4 heteroatoms. The van der Waals surface area contributed by atoms with Crippen LogP contribution in [0.3, 0.4) is 0 Å². The molecule has 0 spiro atoms. The quantitative estimate of drug-likeness (QED) is 0.188. The number of nitrogens with zero attached hydrogens (tertiary/aromatic N) is 3. The minimum atomic E-state index is 0.705. The van der Waals surface area contributed by atoms with Crippen molar-refractivity contribution in [3.05, 3.63) is 176 Å². The Kier molecular flexibility index (Phi) is 6.46. The second-order valence-corrected chi connectivity index (χ2v) is 12.6. The lowest BCUT2D eigenvalue weighted by Gasteiger charge is -2.12. The van der Waals surface area contributed by atoms with Crippen LogP contribution in [0.2, 0.25) is 0 Å². The summed E-state index contributed by atoms with van der Waals surface area (Å²) in [5.74, 6) is 0.705. The molecular weight excluding hydrogens is 611 g/mol. The maximum atomic E-state index is 6.25. The molecule has 0 saturated carbocycles. The highest BCUT2D eigenvalue weighted by Crippen LogP contribution is 2.39. The smallest absolute Gasteiger partial charge is 0.160 e. The Bertz CT molecular complexity index is 2810. The summed E-state index contributed by atoms with van der Waals surface area (Å²) >= 11 is 0. The third-order valence-corrected chi connectivity index (χ3v) is 9.62. The van der Waals surface area contributed by atoms with E-state index in [4.69, 9.17) is 14.4 Å². The van der Waals surface area contributed by atoms with Gasteiger partial charge < -0.3 is 8.98 Å². The molecule has 0 aliphatic rings. The van der Waals surface area contributed by atoms with Crippen LogP contribution in [0, 0.1) is 0 Å². The zero-order chi connectivity index (χ0) is 33.0. The second kappa shape index (κ2) is 11.4. The first-order chi connectivity index (χ1) is 24.8. The summed E-state index contributed by atoms with van der Waals surface area (Å²) in [7, 11) is 0. The molecule has 0 atom stereocenters. The van der Waals surface area contributed by atoms with Crippen LogP contribution in [0.5, 0.6) is 0 Å². The van der Waals surface area contributed by atoms with E-state index in [-0.39, 0.29) is 0 Å². The lowest BCUT2D eigenvalue weighted by Crippen LogP contribution is -1.97. The van der Waals surface area contributed by atoms with Gasteiger partial charge >= 0.3 is 0 Å². The van der Waals surface area contributed by atoms with E-state index in [0.29, 0.717) is 5.82 Å². The van der Waals surface area contributed by atoms with E-state index in [2.05, 4.69) is 132 Å². The van der Waals surface area contributed by atoms with Crippen molar-refractivity contribution in [3.8, 4) is 50.7 Å². The van der Waals surface area contributed by atoms with Crippen molar-refractivity contribution in [1.29, 1.82) is 0 Å². The fourth-order valence-electron chi connectivity index (χ4n) is 7.30. The molecule has 10 rings (SSSR count). The Morgan fingerprint density at radius 3 is 1.88 bits per heavy atom. The summed E-state index contributed by atoms with van der Waals surface area (Å²) in [6.07, 6.45) is 0. The van der Waals surface area contributed by atoms with E-state index in [1.165, 1.54) is 10.8 Å². The van der Waals surface area contributed by atoms with Gasteiger partial charge in [-0.2, -0.15) is 0 Å². The second-order valence-electron chi connectivity index (χ2n) is 12.6. The van der Waals surface area contributed by atoms with Crippen LogP contribution in [-0.4, -0.2) is 14.5 Å². The third-order valence-electron chi connectivity index (χ3n) is 9.62. The fraction of sp³-hybridized carbons (Fsp3) is 0. The van der Waals surface area contributed by atoms with E-state index in [0.717, 1.165) is 77.9 Å². The summed E-state index contributed by atoms with van der Waals surface area (Å²) in [5, 5.41) is 4.66. The topological polar surface area (TPSA) is 43.9 Å². The van der Waals surface area contributed by atoms with E-state index in [1.807, 2.05) is 48.5 Å². The van der Waals surface area contributed by atoms with Gasteiger partial charge in [0.15, 0.2) is 5.82 Å². The van der Waals surface area contributed by atoms with Crippen LogP contribution in [0.1, 0.15) is 0 Å². The predicted molar refractivity (Wildman–Crippen MR) is 205 cm³/mol. The summed E-state index contributed by atoms with van der Waals surface area (Å²) in [4.78, 5) is 10.1. The first-order valence-electron chi connectivity index (χ1n) is 16.8. The van der Waals surface area contributed by atoms with Crippen molar-refractivity contribution < 1.29 is 4.42 Å². The van der Waals surface area contributed by atoms with Crippen molar-refractivity contribution in [1.82, 2.24) is 14.5 Å². The number of fused-ring (bicyclic) bond motifs is 6. The molecule has 0 fully saturated rings. The molecule has 0 N–H and O–H groups in total. The molecule has 50 heavy (non-hydrogen) atoms. The molecule has 4 nitrogen and oxygen atoms in total. The van der Waals surface area contributed by atoms with Gasteiger partial charge in [-0.05, 0) is 53.6 Å². The molecule has 0 amide bonds. The average molecular weight is 640 g/mol. The fourth-order valence-corrected chi connectivity index (χ4v) is 7.30. The van der Waals surface area contributed by atoms with Crippen molar-refractivity contribution >= 4 is 43.7 Å². The monoisotopic (exact) mass is 639 g/mol. The number of benzene rings is 7. The molecule has 3 aromatic heterocycles. The Morgan fingerprint density at radius 2 is 1.04 bits per heavy atom. The predicted octanol–water partition coefficient (Wildman–Crippen LogP) is 12.1. The molecule has 0 unspecified atom stereocenters. The highest BCUT2D eigenvalue weighted by Gasteiger charge is 2.17. The van der Waals surface area contributed by atoms with Gasteiger partial charge in [-0.3, -0.25) is 0 Å². The van der Waals surface area contributed by atoms with Crippen molar-refractivity contribution in [2.75, 3.05) is 0 Å². The molecule has 0 aliphatic carbocycles. The summed E-state index contributed by atoms with van der Waals surface area (Å²) in [6.45, 7) is 0. The molecule has 10 aromatic rings. The summed E-state index contributed by atoms with van der Waals surface area (Å²) in [5.41, 5.74) is 12.3. The molecular formula is C46H29N3O. The van der Waals surface area contributed by atoms with Gasteiger partial charge in [-0.25, -0.2) is 9.97 Å². The zero-order valence-corrected chi connectivity index (χ0v) is 27.0. The number of rotatable bonds is 5. The van der Waals surface area contributed by atoms with Crippen molar-refractivity contribution in [2.24, 2.45) is 0 Å². The molecule has 234 valence electrons. The van der Waals surface area contributed by atoms with Gasteiger partial charge in [0.05, 0.1) is 22.4 Å². The number of hydrogen-bond acceptors (Lipinski definition) is 3. The maximum absolute atomic E-state index is 6.25. The van der Waals surface area contributed by atoms with Crippen LogP contribution in [-0.2, 0) is 0 Å². The highest BCUT2D eigenvalue weighted by atomic mass is 16.3. The normalized spacial score (nSPS) is 11.6. The van der Waals surface area contributed by atoms with E-state index >= 15 is 0 Å². The molecule has 7 aromatic carbocycles. The first kappa shape index (κ1) is 28.3. The molecule has 0 bridgehead atoms. The molecule has 3 heterocycles. The van der Waals surface area contributed by atoms with Gasteiger partial charge in [0.25, 0.3) is 0 Å². The standard InChI is InChI=1S/C46H29N3O/c1-3-13-30(14-4-1)39-29-40(48-46(47-39)31-15-5-2-6-16-31)33-25-26-37-36-19-7-9-22-41(36)49(42(37)28-33)34-18-11-17-32(27-34)35-21-12-24-44-45(35)38-20-8-10-23-43(38)50-44/h1-29H. The van der Waals surface area contributed by atoms with Gasteiger partial charge in [0.2, 0.25) is 0 Å². The van der Waals surface area contributed by atoms with Crippen LogP contribution in [0.4, 0.5) is 0 Å². The summed E-state index contributed by atoms with van der Waals surface area (Å²) < 4.78 is 8.62. The van der Waals surface area contributed by atoms with Gasteiger partial charge in [0, 0.05) is 43.9 Å². The van der Waals surface area contributed by atoms with Crippen LogP contribution in [0.15, 0.2) is 180 Å². The highest BCUT2D eigenvalue weighted by molar-refractivity contribution is 6.13. The zero-order valence-electron chi connectivity index (χ0n) is 27.0. The van der Waals surface area contributed by atoms with Crippen molar-refractivity contribution in [3.63, 3.8) is 0 Å². The Hall–Kier alpha value is -6.78. The SMILES string of the molecule is c1ccc(-c2cc(-c3ccc4c5ccccc5n(-c5cccc(-c6cccc7oc8ccccc8c67)c5)c4c3)nc(-c3ccccc3)n2)cc1. The van der Waals surface area contributed by atoms with Crippen LogP contribution < -0.4 is 0 Å². The number of furan rings is 1. The van der Waals surface area contributed by atoms with E-state index in [1.54, 1.807) is 0 Å². The average Bonchev–Trinajstić information content (AvgIpc) is 3.74. The largest absolute Gasteiger partial charge is 0.456 e. The Labute approximate surface area is 288 Å². The lowest BCUT2D eigenvalue weighted by molar-refractivity contribution is 0.669.